The van der Waals surface area contributed by atoms with Gasteiger partial charge >= 0.3 is 17.9 Å². The Morgan fingerprint density at radius 2 is 1.75 bits per heavy atom. The molecule has 0 bridgehead atoms. The number of nitrogens with one attached hydrogen (secondary N) is 2. The number of cyclic esters (lactones) is 2. The van der Waals surface area contributed by atoms with Gasteiger partial charge in [0.15, 0.2) is 6.10 Å². The third kappa shape index (κ3) is 12.1. The highest BCUT2D eigenvalue weighted by Crippen LogP contribution is 2.45. The van der Waals surface area contributed by atoms with E-state index in [0.717, 1.165) is 5.56 Å². The lowest BCUT2D eigenvalue weighted by Crippen LogP contribution is -2.52. The molecule has 2 amide bonds. The molecular weight excluding hydrogens is 724 g/mol. The molecule has 0 radical (unpaired) electrons. The fraction of sp³-hybridized carbons (Fsp3) is 0.564. The maximum Gasteiger partial charge on any atom is 0.347 e. The molecule has 0 aliphatic carbocycles. The van der Waals surface area contributed by atoms with E-state index in [1.807, 2.05) is 51.1 Å². The second kappa shape index (κ2) is 19.0. The van der Waals surface area contributed by atoms with Gasteiger partial charge in [-0.05, 0) is 55.9 Å². The standard InChI is InChI=1S/C39H51ClN2O10S/c1-22(2)15-31-37(46)50-30(23(3)34-35(52-34)25-11-9-8-10-12-25)18-26(53-20-33(44)49-7)19-32(43)42-28(17-24-13-14-29(48-6)27(40)16-24)36(45)41-21-39(4,5)38(47)51-31/h8-14,16,22-23,26,28,30-31,34-35H,15,17-21H2,1-7H3,(H,41,45)(H,42,43)/t23-,26?,28+,30-,31-,34+,35+/m0/s1. The zero-order chi connectivity index (χ0) is 38.9. The van der Waals surface area contributed by atoms with Crippen LogP contribution in [0.1, 0.15) is 71.1 Å². The van der Waals surface area contributed by atoms with Crippen LogP contribution in [-0.2, 0) is 49.3 Å². The summed E-state index contributed by atoms with van der Waals surface area (Å²) in [4.78, 5) is 67.4. The summed E-state index contributed by atoms with van der Waals surface area (Å²) in [5.74, 6) is -2.87. The SMILES string of the molecule is COC(=O)CSC1CC(=O)N[C@H](Cc2ccc(OC)c(Cl)c2)C(=O)NCC(C)(C)C(=O)O[C@@H](CC(C)C)C(=O)O[C@H]([C@H](C)[C@H]2O[C@@H]2c2ccccc2)C1. The maximum absolute atomic E-state index is 13.9. The van der Waals surface area contributed by atoms with Gasteiger partial charge in [-0.25, -0.2) is 4.79 Å². The predicted molar refractivity (Wildman–Crippen MR) is 200 cm³/mol. The van der Waals surface area contributed by atoms with Crippen molar-refractivity contribution in [2.45, 2.75) is 96.0 Å². The van der Waals surface area contributed by atoms with Crippen LogP contribution < -0.4 is 15.4 Å². The number of halogens is 1. The topological polar surface area (TPSA) is 159 Å². The number of hydrogen-bond donors (Lipinski definition) is 2. The van der Waals surface area contributed by atoms with E-state index < -0.39 is 58.6 Å². The highest BCUT2D eigenvalue weighted by molar-refractivity contribution is 8.00. The van der Waals surface area contributed by atoms with E-state index in [9.17, 15) is 24.0 Å². The molecule has 2 heterocycles. The van der Waals surface area contributed by atoms with E-state index in [1.54, 1.807) is 32.0 Å². The molecule has 2 aliphatic heterocycles. The lowest BCUT2D eigenvalue weighted by atomic mass is 9.92. The Labute approximate surface area is 320 Å². The number of methoxy groups -OCH3 is 2. The smallest absolute Gasteiger partial charge is 0.347 e. The molecule has 0 spiro atoms. The predicted octanol–water partition coefficient (Wildman–Crippen LogP) is 5.23. The van der Waals surface area contributed by atoms with Gasteiger partial charge in [0.05, 0.1) is 36.5 Å². The van der Waals surface area contributed by atoms with Crippen LogP contribution in [0.25, 0.3) is 0 Å². The summed E-state index contributed by atoms with van der Waals surface area (Å²) < 4.78 is 28.3. The van der Waals surface area contributed by atoms with Crippen molar-refractivity contribution in [1.29, 1.82) is 0 Å². The van der Waals surface area contributed by atoms with Crippen molar-refractivity contribution in [2.24, 2.45) is 17.3 Å². The Morgan fingerprint density at radius 3 is 2.40 bits per heavy atom. The second-order valence-electron chi connectivity index (χ2n) is 14.6. The first-order chi connectivity index (χ1) is 25.1. The number of epoxide rings is 1. The summed E-state index contributed by atoms with van der Waals surface area (Å²) in [5, 5.41) is 5.43. The zero-order valence-electron chi connectivity index (χ0n) is 31.3. The van der Waals surface area contributed by atoms with Gasteiger partial charge in [-0.1, -0.05) is 68.8 Å². The average Bonchev–Trinajstić information content (AvgIpc) is 3.92. The monoisotopic (exact) mass is 774 g/mol. The molecular formula is C39H51ClN2O10S. The molecule has 7 atom stereocenters. The van der Waals surface area contributed by atoms with Crippen LogP contribution in [0.4, 0.5) is 0 Å². The van der Waals surface area contributed by atoms with Crippen molar-refractivity contribution in [2.75, 3.05) is 26.5 Å². The molecule has 1 unspecified atom stereocenters. The van der Waals surface area contributed by atoms with Crippen LogP contribution in [0.2, 0.25) is 5.02 Å². The van der Waals surface area contributed by atoms with Crippen molar-refractivity contribution in [3.8, 4) is 5.75 Å². The molecule has 0 saturated carbocycles. The van der Waals surface area contributed by atoms with Gasteiger partial charge < -0.3 is 34.3 Å². The minimum absolute atomic E-state index is 0.0295. The molecule has 2 saturated heterocycles. The fourth-order valence-electron chi connectivity index (χ4n) is 6.11. The van der Waals surface area contributed by atoms with E-state index in [-0.39, 0.29) is 62.0 Å². The van der Waals surface area contributed by atoms with Gasteiger partial charge in [-0.2, -0.15) is 0 Å². The van der Waals surface area contributed by atoms with Gasteiger partial charge in [0.25, 0.3) is 0 Å². The van der Waals surface area contributed by atoms with E-state index >= 15 is 0 Å². The average molecular weight is 775 g/mol. The molecule has 290 valence electrons. The number of rotatable bonds is 11. The summed E-state index contributed by atoms with van der Waals surface area (Å²) in [7, 11) is 2.77. The van der Waals surface area contributed by atoms with Gasteiger partial charge in [0.2, 0.25) is 11.8 Å². The molecule has 2 aromatic rings. The largest absolute Gasteiger partial charge is 0.495 e. The van der Waals surface area contributed by atoms with Crippen LogP contribution in [0, 0.1) is 17.3 Å². The number of hydrogen-bond acceptors (Lipinski definition) is 11. The summed E-state index contributed by atoms with van der Waals surface area (Å²) in [6.07, 6.45) is -2.20. The number of thioether (sulfide) groups is 1. The molecule has 2 fully saturated rings. The molecule has 4 rings (SSSR count). The third-order valence-corrected chi connectivity index (χ3v) is 10.9. The van der Waals surface area contributed by atoms with Gasteiger partial charge in [-0.15, -0.1) is 11.8 Å². The molecule has 14 heteroatoms. The number of benzene rings is 2. The Kier molecular flexibility index (Phi) is 15.0. The Hall–Kier alpha value is -3.81. The fourth-order valence-corrected chi connectivity index (χ4v) is 7.48. The minimum atomic E-state index is -1.24. The van der Waals surface area contributed by atoms with Crippen LogP contribution in [-0.4, -0.2) is 85.8 Å². The Bertz CT molecular complexity index is 1610. The quantitative estimate of drug-likeness (QED) is 0.175. The van der Waals surface area contributed by atoms with Crippen molar-refractivity contribution in [3.05, 3.63) is 64.7 Å². The normalized spacial score (nSPS) is 26.1. The first kappa shape index (κ1) is 41.9. The molecule has 53 heavy (non-hydrogen) atoms. The van der Waals surface area contributed by atoms with Crippen LogP contribution in [0.5, 0.6) is 5.75 Å². The summed E-state index contributed by atoms with van der Waals surface area (Å²) in [5.41, 5.74) is 0.402. The van der Waals surface area contributed by atoms with E-state index in [4.69, 9.17) is 35.3 Å². The Morgan fingerprint density at radius 1 is 1.04 bits per heavy atom. The second-order valence-corrected chi connectivity index (χ2v) is 16.3. The lowest BCUT2D eigenvalue weighted by molar-refractivity contribution is -0.179. The summed E-state index contributed by atoms with van der Waals surface area (Å²) in [6, 6.07) is 13.7. The van der Waals surface area contributed by atoms with Crippen molar-refractivity contribution in [3.63, 3.8) is 0 Å². The first-order valence-electron chi connectivity index (χ1n) is 17.8. The summed E-state index contributed by atoms with van der Waals surface area (Å²) >= 11 is 7.57. The lowest BCUT2D eigenvalue weighted by Gasteiger charge is -2.31. The third-order valence-electron chi connectivity index (χ3n) is 9.36. The van der Waals surface area contributed by atoms with Crippen molar-refractivity contribution < 1.29 is 47.7 Å². The van der Waals surface area contributed by atoms with Crippen LogP contribution in [0.15, 0.2) is 48.5 Å². The first-order valence-corrected chi connectivity index (χ1v) is 19.2. The van der Waals surface area contributed by atoms with Crippen LogP contribution in [0.3, 0.4) is 0 Å². The molecule has 2 aromatic carbocycles. The number of carbonyl (C=O) groups excluding carboxylic acids is 5. The van der Waals surface area contributed by atoms with E-state index in [0.29, 0.717) is 16.3 Å². The van der Waals surface area contributed by atoms with E-state index in [2.05, 4.69) is 10.6 Å². The maximum atomic E-state index is 13.9. The Balaban J connectivity index is 1.69. The van der Waals surface area contributed by atoms with E-state index in [1.165, 1.54) is 26.0 Å². The highest BCUT2D eigenvalue weighted by atomic mass is 35.5. The van der Waals surface area contributed by atoms with Crippen LogP contribution >= 0.6 is 23.4 Å². The number of carbonyl (C=O) groups is 5. The van der Waals surface area contributed by atoms with Crippen molar-refractivity contribution in [1.82, 2.24) is 10.6 Å². The molecule has 12 nitrogen and oxygen atoms in total. The molecule has 0 aromatic heterocycles. The number of esters is 3. The van der Waals surface area contributed by atoms with Crippen molar-refractivity contribution >= 4 is 53.1 Å². The number of amides is 2. The minimum Gasteiger partial charge on any atom is -0.495 e. The van der Waals surface area contributed by atoms with Gasteiger partial charge in [-0.3, -0.25) is 19.2 Å². The van der Waals surface area contributed by atoms with Gasteiger partial charge in [0, 0.05) is 30.6 Å². The zero-order valence-corrected chi connectivity index (χ0v) is 32.9. The number of ether oxygens (including phenoxy) is 5. The summed E-state index contributed by atoms with van der Waals surface area (Å²) in [6.45, 7) is 8.80. The van der Waals surface area contributed by atoms with Gasteiger partial charge in [0.1, 0.15) is 24.0 Å². The molecule has 2 N–H and O–H groups in total. The molecule has 2 aliphatic rings. The highest BCUT2D eigenvalue weighted by Gasteiger charge is 2.48.